The molecule has 2 aromatic carbocycles. The molecule has 0 saturated carbocycles. The topological polar surface area (TPSA) is 65.0 Å². The third-order valence-corrected chi connectivity index (χ3v) is 4.62. The van der Waals surface area contributed by atoms with Crippen molar-refractivity contribution < 1.29 is 9.59 Å². The first-order valence-electron chi connectivity index (χ1n) is 9.03. The van der Waals surface area contributed by atoms with E-state index in [1.165, 1.54) is 0 Å². The third kappa shape index (κ3) is 4.73. The third-order valence-electron chi connectivity index (χ3n) is 4.62. The lowest BCUT2D eigenvalue weighted by atomic mass is 10.1. The Hall–Kier alpha value is -3.15. The highest BCUT2D eigenvalue weighted by Gasteiger charge is 2.21. The zero-order valence-electron chi connectivity index (χ0n) is 15.7. The van der Waals surface area contributed by atoms with E-state index < -0.39 is 0 Å². The molecule has 1 heterocycles. The van der Waals surface area contributed by atoms with E-state index in [0.29, 0.717) is 37.7 Å². The summed E-state index contributed by atoms with van der Waals surface area (Å²) in [6.07, 6.45) is 0.863. The number of aliphatic imine (C=N–C) groups is 1. The Morgan fingerprint density at radius 2 is 1.74 bits per heavy atom. The molecule has 6 heteroatoms. The van der Waals surface area contributed by atoms with E-state index in [1.807, 2.05) is 55.1 Å². The van der Waals surface area contributed by atoms with Crippen LogP contribution in [0.3, 0.4) is 0 Å². The van der Waals surface area contributed by atoms with Crippen LogP contribution >= 0.6 is 0 Å². The van der Waals surface area contributed by atoms with Crippen LogP contribution in [-0.4, -0.2) is 54.3 Å². The molecule has 1 fully saturated rings. The molecule has 2 amide bonds. The van der Waals surface area contributed by atoms with Crippen molar-refractivity contribution in [3.8, 4) is 0 Å². The van der Waals surface area contributed by atoms with Crippen molar-refractivity contribution in [2.24, 2.45) is 4.99 Å². The summed E-state index contributed by atoms with van der Waals surface area (Å²) in [5.74, 6) is 0.320. The maximum atomic E-state index is 12.7. The van der Waals surface area contributed by atoms with Crippen molar-refractivity contribution in [3.05, 3.63) is 65.2 Å². The van der Waals surface area contributed by atoms with E-state index in [1.54, 1.807) is 17.0 Å². The molecule has 0 spiro atoms. The van der Waals surface area contributed by atoms with E-state index in [4.69, 9.17) is 4.99 Å². The van der Waals surface area contributed by atoms with Crippen LogP contribution in [0, 0.1) is 13.8 Å². The molecule has 0 bridgehead atoms. The number of carbonyl (C=O) groups excluding carboxylic acids is 2. The van der Waals surface area contributed by atoms with Crippen LogP contribution in [0.1, 0.15) is 21.5 Å². The minimum absolute atomic E-state index is 0.197. The first kappa shape index (κ1) is 18.6. The van der Waals surface area contributed by atoms with Crippen LogP contribution in [0.15, 0.2) is 53.5 Å². The van der Waals surface area contributed by atoms with Gasteiger partial charge in [-0.3, -0.25) is 14.9 Å². The predicted octanol–water partition coefficient (Wildman–Crippen LogP) is 2.49. The van der Waals surface area contributed by atoms with Gasteiger partial charge >= 0.3 is 0 Å². The fourth-order valence-electron chi connectivity index (χ4n) is 2.93. The average molecular weight is 364 g/mol. The van der Waals surface area contributed by atoms with Crippen molar-refractivity contribution in [2.45, 2.75) is 13.8 Å². The van der Waals surface area contributed by atoms with Gasteiger partial charge in [-0.25, -0.2) is 4.99 Å². The number of hydrogen-bond donors (Lipinski definition) is 1. The number of amides is 2. The van der Waals surface area contributed by atoms with Crippen LogP contribution in [0.4, 0.5) is 5.69 Å². The Kier molecular flexibility index (Phi) is 5.86. The van der Waals surface area contributed by atoms with E-state index in [9.17, 15) is 9.59 Å². The number of rotatable bonds is 3. The van der Waals surface area contributed by atoms with Crippen LogP contribution in [-0.2, 0) is 4.79 Å². The quantitative estimate of drug-likeness (QED) is 0.517. The molecule has 1 saturated heterocycles. The van der Waals surface area contributed by atoms with Gasteiger partial charge in [-0.2, -0.15) is 0 Å². The lowest BCUT2D eigenvalue weighted by molar-refractivity contribution is -0.119. The molecule has 1 aliphatic heterocycles. The molecule has 0 atom stereocenters. The standard InChI is InChI=1S/C21H24N4O2/c1-16-8-9-17(2)19(14-16)22-21(25-12-10-24(15-26)11-13-25)23-20(27)18-6-4-3-5-7-18/h3-9,14-15H,10-13H2,1-2H3,(H,22,23,27). The Balaban J connectivity index is 1.89. The van der Waals surface area contributed by atoms with Gasteiger partial charge < -0.3 is 9.80 Å². The summed E-state index contributed by atoms with van der Waals surface area (Å²) in [6.45, 7) is 6.48. The number of guanidine groups is 1. The largest absolute Gasteiger partial charge is 0.342 e. The van der Waals surface area contributed by atoms with E-state index in [-0.39, 0.29) is 5.91 Å². The molecule has 2 aromatic rings. The number of nitrogens with one attached hydrogen (secondary N) is 1. The summed E-state index contributed by atoms with van der Waals surface area (Å²) in [5.41, 5.74) is 3.56. The highest BCUT2D eigenvalue weighted by molar-refractivity contribution is 6.06. The minimum Gasteiger partial charge on any atom is -0.342 e. The zero-order chi connectivity index (χ0) is 19.2. The monoisotopic (exact) mass is 364 g/mol. The zero-order valence-corrected chi connectivity index (χ0v) is 15.7. The van der Waals surface area contributed by atoms with E-state index in [0.717, 1.165) is 23.2 Å². The summed E-state index contributed by atoms with van der Waals surface area (Å²) >= 11 is 0. The molecule has 27 heavy (non-hydrogen) atoms. The molecule has 0 aromatic heterocycles. The smallest absolute Gasteiger partial charge is 0.257 e. The number of hydrogen-bond acceptors (Lipinski definition) is 3. The van der Waals surface area contributed by atoms with Crippen molar-refractivity contribution in [1.29, 1.82) is 0 Å². The van der Waals surface area contributed by atoms with Gasteiger partial charge in [-0.15, -0.1) is 0 Å². The molecule has 3 rings (SSSR count). The van der Waals surface area contributed by atoms with Crippen LogP contribution < -0.4 is 5.32 Å². The molecular weight excluding hydrogens is 340 g/mol. The fraction of sp³-hybridized carbons (Fsp3) is 0.286. The normalized spacial score (nSPS) is 14.8. The van der Waals surface area contributed by atoms with Gasteiger partial charge in [0.05, 0.1) is 5.69 Å². The second kappa shape index (κ2) is 8.49. The Labute approximate surface area is 159 Å². The fourth-order valence-corrected chi connectivity index (χ4v) is 2.93. The van der Waals surface area contributed by atoms with E-state index >= 15 is 0 Å². The van der Waals surface area contributed by atoms with Crippen LogP contribution in [0.25, 0.3) is 0 Å². The lowest BCUT2D eigenvalue weighted by Crippen LogP contribution is -2.53. The van der Waals surface area contributed by atoms with E-state index in [2.05, 4.69) is 5.32 Å². The van der Waals surface area contributed by atoms with Crippen molar-refractivity contribution in [3.63, 3.8) is 0 Å². The molecule has 0 radical (unpaired) electrons. The summed E-state index contributed by atoms with van der Waals surface area (Å²) < 4.78 is 0. The SMILES string of the molecule is Cc1ccc(C)c(N=C(NC(=O)c2ccccc2)N2CCN(C=O)CC2)c1. The number of piperazine rings is 1. The Morgan fingerprint density at radius 1 is 1.04 bits per heavy atom. The van der Waals surface area contributed by atoms with Gasteiger partial charge in [0.2, 0.25) is 12.4 Å². The molecule has 0 unspecified atom stereocenters. The van der Waals surface area contributed by atoms with Crippen molar-refractivity contribution in [1.82, 2.24) is 15.1 Å². The maximum absolute atomic E-state index is 12.7. The highest BCUT2D eigenvalue weighted by Crippen LogP contribution is 2.20. The second-order valence-electron chi connectivity index (χ2n) is 6.67. The number of nitrogens with zero attached hydrogens (tertiary/aromatic N) is 3. The van der Waals surface area contributed by atoms with Crippen LogP contribution in [0.2, 0.25) is 0 Å². The number of aryl methyl sites for hydroxylation is 2. The van der Waals surface area contributed by atoms with Crippen molar-refractivity contribution in [2.75, 3.05) is 26.2 Å². The first-order chi connectivity index (χ1) is 13.1. The lowest BCUT2D eigenvalue weighted by Gasteiger charge is -2.34. The summed E-state index contributed by atoms with van der Waals surface area (Å²) in [7, 11) is 0. The van der Waals surface area contributed by atoms with Gasteiger partial charge in [0.15, 0.2) is 0 Å². The van der Waals surface area contributed by atoms with Gasteiger partial charge in [0, 0.05) is 31.7 Å². The summed E-state index contributed by atoms with van der Waals surface area (Å²) in [6, 6.07) is 15.2. The molecule has 6 nitrogen and oxygen atoms in total. The number of benzene rings is 2. The molecule has 1 N–H and O–H groups in total. The first-order valence-corrected chi connectivity index (χ1v) is 9.03. The molecule has 0 aliphatic carbocycles. The maximum Gasteiger partial charge on any atom is 0.257 e. The Bertz CT molecular complexity index is 841. The van der Waals surface area contributed by atoms with Gasteiger partial charge in [0.25, 0.3) is 5.91 Å². The minimum atomic E-state index is -0.197. The summed E-state index contributed by atoms with van der Waals surface area (Å²) in [5, 5.41) is 2.96. The second-order valence-corrected chi connectivity index (χ2v) is 6.67. The van der Waals surface area contributed by atoms with Gasteiger partial charge in [-0.1, -0.05) is 30.3 Å². The number of carbonyl (C=O) groups is 2. The molecular formula is C21H24N4O2. The van der Waals surface area contributed by atoms with Crippen molar-refractivity contribution >= 4 is 24.0 Å². The van der Waals surface area contributed by atoms with Gasteiger partial charge in [-0.05, 0) is 43.2 Å². The average Bonchev–Trinajstić information content (AvgIpc) is 2.71. The Morgan fingerprint density at radius 3 is 2.41 bits per heavy atom. The van der Waals surface area contributed by atoms with Crippen LogP contribution in [0.5, 0.6) is 0 Å². The predicted molar refractivity (Wildman–Crippen MR) is 106 cm³/mol. The van der Waals surface area contributed by atoms with Gasteiger partial charge in [0.1, 0.15) is 0 Å². The molecule has 140 valence electrons. The summed E-state index contributed by atoms with van der Waals surface area (Å²) in [4.78, 5) is 32.2. The molecule has 1 aliphatic rings. The highest BCUT2D eigenvalue weighted by atomic mass is 16.2.